The molecule has 1 atom stereocenters. The number of nitrogens with zero attached hydrogens (tertiary/aromatic N) is 2. The lowest BCUT2D eigenvalue weighted by Crippen LogP contribution is -2.51. The van der Waals surface area contributed by atoms with Crippen molar-refractivity contribution in [1.29, 1.82) is 0 Å². The zero-order chi connectivity index (χ0) is 20.5. The van der Waals surface area contributed by atoms with E-state index in [4.69, 9.17) is 0 Å². The third kappa shape index (κ3) is 7.19. The van der Waals surface area contributed by atoms with Gasteiger partial charge in [0, 0.05) is 37.9 Å². The predicted molar refractivity (Wildman–Crippen MR) is 120 cm³/mol. The molecule has 2 fully saturated rings. The van der Waals surface area contributed by atoms with Crippen LogP contribution in [0.25, 0.3) is 0 Å². The Morgan fingerprint density at radius 3 is 2.66 bits per heavy atom. The molecule has 1 saturated carbocycles. The Labute approximate surface area is 175 Å². The lowest BCUT2D eigenvalue weighted by Gasteiger charge is -2.35. The maximum absolute atomic E-state index is 12.2. The number of piperidine rings is 1. The normalized spacial score (nSPS) is 20.9. The Morgan fingerprint density at radius 2 is 1.97 bits per heavy atom. The highest BCUT2D eigenvalue weighted by Gasteiger charge is 2.22. The summed E-state index contributed by atoms with van der Waals surface area (Å²) in [7, 11) is -3.26. The van der Waals surface area contributed by atoms with Crippen LogP contribution in [-0.4, -0.2) is 58.9 Å². The van der Waals surface area contributed by atoms with Crippen LogP contribution in [0.3, 0.4) is 0 Å². The summed E-state index contributed by atoms with van der Waals surface area (Å²) in [6.07, 6.45) is 5.69. The molecular formula is C21H35N5O2S. The van der Waals surface area contributed by atoms with Gasteiger partial charge in [-0.25, -0.2) is 13.1 Å². The van der Waals surface area contributed by atoms with Crippen molar-refractivity contribution in [3.05, 3.63) is 30.3 Å². The van der Waals surface area contributed by atoms with Crippen molar-refractivity contribution in [3.63, 3.8) is 0 Å². The summed E-state index contributed by atoms with van der Waals surface area (Å²) >= 11 is 0. The number of hydrogen-bond donors (Lipinski definition) is 3. The first kappa shape index (κ1) is 21.9. The highest BCUT2D eigenvalue weighted by atomic mass is 32.2. The fourth-order valence-corrected chi connectivity index (χ4v) is 4.74. The van der Waals surface area contributed by atoms with Crippen LogP contribution in [-0.2, 0) is 10.0 Å². The summed E-state index contributed by atoms with van der Waals surface area (Å²) in [5.74, 6) is 1.24. The molecule has 0 spiro atoms. The maximum atomic E-state index is 12.2. The van der Waals surface area contributed by atoms with Crippen LogP contribution in [0, 0.1) is 5.92 Å². The number of nitrogens with one attached hydrogen (secondary N) is 3. The topological polar surface area (TPSA) is 85.8 Å². The van der Waals surface area contributed by atoms with Crippen molar-refractivity contribution in [1.82, 2.24) is 15.4 Å². The van der Waals surface area contributed by atoms with E-state index in [0.29, 0.717) is 18.4 Å². The maximum Gasteiger partial charge on any atom is 0.213 e. The summed E-state index contributed by atoms with van der Waals surface area (Å²) in [5.41, 5.74) is 1.24. The Bertz CT molecular complexity index is 750. The van der Waals surface area contributed by atoms with Crippen LogP contribution >= 0.6 is 0 Å². The second-order valence-corrected chi connectivity index (χ2v) is 9.92. The van der Waals surface area contributed by atoms with E-state index < -0.39 is 10.0 Å². The summed E-state index contributed by atoms with van der Waals surface area (Å²) < 4.78 is 27.1. The van der Waals surface area contributed by atoms with E-state index >= 15 is 0 Å². The highest BCUT2D eigenvalue weighted by Crippen LogP contribution is 2.25. The third-order valence-electron chi connectivity index (χ3n) is 5.67. The van der Waals surface area contributed by atoms with Crippen molar-refractivity contribution in [2.24, 2.45) is 10.9 Å². The van der Waals surface area contributed by atoms with E-state index in [1.54, 1.807) is 0 Å². The fraction of sp³-hybridized carbons (Fsp3) is 0.667. The summed E-state index contributed by atoms with van der Waals surface area (Å²) in [6.45, 7) is 5.56. The van der Waals surface area contributed by atoms with E-state index in [0.717, 1.165) is 45.3 Å². The molecule has 8 heteroatoms. The Morgan fingerprint density at radius 1 is 1.17 bits per heavy atom. The molecule has 1 saturated heterocycles. The van der Waals surface area contributed by atoms with Gasteiger partial charge in [0.1, 0.15) is 0 Å². The first-order chi connectivity index (χ1) is 14.1. The van der Waals surface area contributed by atoms with Crippen LogP contribution in [0.15, 0.2) is 35.3 Å². The summed E-state index contributed by atoms with van der Waals surface area (Å²) in [5, 5.41) is 6.74. The number of anilines is 1. The number of rotatable bonds is 9. The van der Waals surface area contributed by atoms with Crippen LogP contribution < -0.4 is 20.3 Å². The van der Waals surface area contributed by atoms with E-state index in [-0.39, 0.29) is 18.3 Å². The molecule has 1 aliphatic carbocycles. The van der Waals surface area contributed by atoms with Gasteiger partial charge in [0.05, 0.1) is 12.3 Å². The molecule has 1 heterocycles. The van der Waals surface area contributed by atoms with Crippen LogP contribution in [0.4, 0.5) is 5.69 Å². The summed E-state index contributed by atoms with van der Waals surface area (Å²) in [4.78, 5) is 6.90. The van der Waals surface area contributed by atoms with Crippen molar-refractivity contribution >= 4 is 21.7 Å². The summed E-state index contributed by atoms with van der Waals surface area (Å²) in [6, 6.07) is 10.7. The van der Waals surface area contributed by atoms with Gasteiger partial charge in [0.2, 0.25) is 10.0 Å². The predicted octanol–water partition coefficient (Wildman–Crippen LogP) is 1.93. The number of guanidine groups is 1. The molecule has 3 rings (SSSR count). The molecule has 0 radical (unpaired) electrons. The lowest BCUT2D eigenvalue weighted by molar-refractivity contribution is 0.316. The second kappa shape index (κ2) is 10.8. The van der Waals surface area contributed by atoms with Gasteiger partial charge in [0.15, 0.2) is 5.96 Å². The van der Waals surface area contributed by atoms with Crippen molar-refractivity contribution in [2.45, 2.75) is 45.1 Å². The molecule has 2 aliphatic rings. The second-order valence-electron chi connectivity index (χ2n) is 7.99. The van der Waals surface area contributed by atoms with Crippen LogP contribution in [0.2, 0.25) is 0 Å². The van der Waals surface area contributed by atoms with Gasteiger partial charge >= 0.3 is 0 Å². The molecule has 1 unspecified atom stereocenters. The first-order valence-electron chi connectivity index (χ1n) is 10.9. The monoisotopic (exact) mass is 421 g/mol. The van der Waals surface area contributed by atoms with E-state index in [2.05, 4.69) is 49.5 Å². The van der Waals surface area contributed by atoms with Crippen molar-refractivity contribution in [2.75, 3.05) is 43.4 Å². The molecule has 162 valence electrons. The van der Waals surface area contributed by atoms with Crippen LogP contribution in [0.5, 0.6) is 0 Å². The number of aliphatic imine (C=N–C) groups is 1. The molecule has 0 amide bonds. The van der Waals surface area contributed by atoms with Crippen molar-refractivity contribution < 1.29 is 8.42 Å². The Hall–Kier alpha value is -1.80. The average Bonchev–Trinajstić information content (AvgIpc) is 2.67. The zero-order valence-corrected chi connectivity index (χ0v) is 18.3. The molecule has 7 nitrogen and oxygen atoms in total. The standard InChI is InChI=1S/C21H35N5O2S/c1-2-22-21(23-13-15-29(27,28)24-16-18-8-6-9-18)25-19-10-7-14-26(17-19)20-11-4-3-5-12-20/h3-5,11-12,18-19,24H,2,6-10,13-17H2,1H3,(H2,22,23,25). The SMILES string of the molecule is CCNC(=NCCS(=O)(=O)NCC1CCC1)NC1CCCN(c2ccccc2)C1. The minimum absolute atomic E-state index is 0.0249. The molecule has 1 aliphatic heterocycles. The first-order valence-corrected chi connectivity index (χ1v) is 12.5. The number of sulfonamides is 1. The highest BCUT2D eigenvalue weighted by molar-refractivity contribution is 7.89. The smallest absolute Gasteiger partial charge is 0.213 e. The fourth-order valence-electron chi connectivity index (χ4n) is 3.77. The Kier molecular flexibility index (Phi) is 8.18. The lowest BCUT2D eigenvalue weighted by atomic mass is 9.86. The molecule has 0 aromatic heterocycles. The zero-order valence-electron chi connectivity index (χ0n) is 17.4. The van der Waals surface area contributed by atoms with Gasteiger partial charge in [-0.2, -0.15) is 0 Å². The van der Waals surface area contributed by atoms with Gasteiger partial charge in [-0.15, -0.1) is 0 Å². The quantitative estimate of drug-likeness (QED) is 0.419. The van der Waals surface area contributed by atoms with Gasteiger partial charge in [-0.05, 0) is 50.7 Å². The molecule has 29 heavy (non-hydrogen) atoms. The van der Waals surface area contributed by atoms with Gasteiger partial charge in [-0.1, -0.05) is 24.6 Å². The molecular weight excluding hydrogens is 386 g/mol. The molecule has 0 bridgehead atoms. The van der Waals surface area contributed by atoms with Crippen LogP contribution in [0.1, 0.15) is 39.0 Å². The molecule has 1 aromatic rings. The molecule has 3 N–H and O–H groups in total. The van der Waals surface area contributed by atoms with E-state index in [1.165, 1.54) is 12.1 Å². The van der Waals surface area contributed by atoms with E-state index in [1.807, 2.05) is 13.0 Å². The van der Waals surface area contributed by atoms with Gasteiger partial charge in [-0.3, -0.25) is 4.99 Å². The average molecular weight is 422 g/mol. The molecule has 1 aromatic carbocycles. The minimum Gasteiger partial charge on any atom is -0.369 e. The third-order valence-corrected chi connectivity index (χ3v) is 7.00. The van der Waals surface area contributed by atoms with Crippen molar-refractivity contribution in [3.8, 4) is 0 Å². The number of para-hydroxylation sites is 1. The van der Waals surface area contributed by atoms with Gasteiger partial charge in [0.25, 0.3) is 0 Å². The Balaban J connectivity index is 1.49. The minimum atomic E-state index is -3.26. The largest absolute Gasteiger partial charge is 0.369 e. The van der Waals surface area contributed by atoms with E-state index in [9.17, 15) is 8.42 Å². The number of benzene rings is 1. The number of hydrogen-bond acceptors (Lipinski definition) is 4. The van der Waals surface area contributed by atoms with Gasteiger partial charge < -0.3 is 15.5 Å².